The quantitative estimate of drug-likeness (QED) is 0.512. The van der Waals surface area contributed by atoms with E-state index in [1.54, 1.807) is 0 Å². The lowest BCUT2D eigenvalue weighted by Gasteiger charge is -2.16. The molecule has 2 atom stereocenters. The van der Waals surface area contributed by atoms with Crippen molar-refractivity contribution in [2.75, 3.05) is 6.54 Å². The maximum Gasteiger partial charge on any atom is 0.237 e. The molecule has 0 aromatic rings. The van der Waals surface area contributed by atoms with Gasteiger partial charge in [-0.15, -0.1) is 0 Å². The van der Waals surface area contributed by atoms with Crippen molar-refractivity contribution in [1.29, 1.82) is 0 Å². The minimum atomic E-state index is -0.565. The third-order valence-corrected chi connectivity index (χ3v) is 2.00. The highest BCUT2D eigenvalue weighted by molar-refractivity contribution is 5.86. The summed E-state index contributed by atoms with van der Waals surface area (Å²) in [6, 6.07) is -0.565. The van der Waals surface area contributed by atoms with Gasteiger partial charge in [-0.3, -0.25) is 9.59 Å². The number of hydrogen-bond donors (Lipinski definition) is 3. The van der Waals surface area contributed by atoms with Crippen molar-refractivity contribution < 1.29 is 9.59 Å². The summed E-state index contributed by atoms with van der Waals surface area (Å²) in [5.74, 6) is -0.786. The Kier molecular flexibility index (Phi) is 5.06. The van der Waals surface area contributed by atoms with Crippen LogP contribution in [0.3, 0.4) is 0 Å². The molecule has 0 spiro atoms. The lowest BCUT2D eigenvalue weighted by Crippen LogP contribution is -2.46. The predicted octanol–water partition coefficient (Wildman–Crippen LogP) is -1.04. The first-order valence-corrected chi connectivity index (χ1v) is 4.30. The number of hydrogen-bond acceptors (Lipinski definition) is 3. The Morgan fingerprint density at radius 2 is 2.00 bits per heavy atom. The Hall–Kier alpha value is -1.10. The highest BCUT2D eigenvalue weighted by atomic mass is 16.2. The van der Waals surface area contributed by atoms with E-state index in [-0.39, 0.29) is 18.4 Å². The van der Waals surface area contributed by atoms with Gasteiger partial charge in [-0.05, 0) is 5.92 Å². The highest BCUT2D eigenvalue weighted by Gasteiger charge is 2.18. The molecular weight excluding hydrogens is 170 g/mol. The minimum Gasteiger partial charge on any atom is -0.368 e. The molecule has 0 aromatic heterocycles. The molecule has 2 amide bonds. The highest BCUT2D eigenvalue weighted by Crippen LogP contribution is 2.04. The van der Waals surface area contributed by atoms with E-state index in [1.165, 1.54) is 0 Å². The van der Waals surface area contributed by atoms with E-state index in [0.29, 0.717) is 0 Å². The fourth-order valence-corrected chi connectivity index (χ4v) is 0.804. The molecule has 0 rings (SSSR count). The Bertz CT molecular complexity index is 194. The summed E-state index contributed by atoms with van der Waals surface area (Å²) >= 11 is 0. The molecule has 0 heterocycles. The normalized spacial score (nSPS) is 14.7. The SMILES string of the molecule is CCC(C)[C@H](N)C(=O)NCC(N)=O. The van der Waals surface area contributed by atoms with Crippen LogP contribution in [0.5, 0.6) is 0 Å². The molecule has 1 unspecified atom stereocenters. The van der Waals surface area contributed by atoms with Crippen molar-refractivity contribution in [3.05, 3.63) is 0 Å². The standard InChI is InChI=1S/C8H17N3O2/c1-3-5(2)7(10)8(13)11-4-6(9)12/h5,7H,3-4,10H2,1-2H3,(H2,9,12)(H,11,13)/t5?,7-/m0/s1. The van der Waals surface area contributed by atoms with Gasteiger partial charge < -0.3 is 16.8 Å². The first-order chi connectivity index (χ1) is 5.99. The molecule has 0 aliphatic carbocycles. The van der Waals surface area contributed by atoms with Crippen LogP contribution in [0.2, 0.25) is 0 Å². The third-order valence-electron chi connectivity index (χ3n) is 2.00. The summed E-state index contributed by atoms with van der Waals surface area (Å²) in [6.45, 7) is 3.68. The second kappa shape index (κ2) is 5.53. The van der Waals surface area contributed by atoms with Crippen molar-refractivity contribution in [3.8, 4) is 0 Å². The molecular formula is C8H17N3O2. The second-order valence-electron chi connectivity index (χ2n) is 3.10. The van der Waals surface area contributed by atoms with E-state index in [9.17, 15) is 9.59 Å². The first-order valence-electron chi connectivity index (χ1n) is 4.30. The van der Waals surface area contributed by atoms with Crippen LogP contribution in [0, 0.1) is 5.92 Å². The number of rotatable bonds is 5. The minimum absolute atomic E-state index is 0.105. The van der Waals surface area contributed by atoms with Gasteiger partial charge in [0.1, 0.15) is 0 Å². The van der Waals surface area contributed by atoms with Crippen molar-refractivity contribution in [1.82, 2.24) is 5.32 Å². The zero-order chi connectivity index (χ0) is 10.4. The summed E-state index contributed by atoms with van der Waals surface area (Å²) in [5, 5.41) is 2.36. The second-order valence-corrected chi connectivity index (χ2v) is 3.10. The summed E-state index contributed by atoms with van der Waals surface area (Å²) in [5.41, 5.74) is 10.4. The van der Waals surface area contributed by atoms with E-state index in [2.05, 4.69) is 5.32 Å². The largest absolute Gasteiger partial charge is 0.368 e. The number of carbonyl (C=O) groups is 2. The molecule has 0 aliphatic heterocycles. The van der Waals surface area contributed by atoms with Crippen LogP contribution >= 0.6 is 0 Å². The lowest BCUT2D eigenvalue weighted by molar-refractivity contribution is -0.126. The van der Waals surface area contributed by atoms with Crippen molar-refractivity contribution in [3.63, 3.8) is 0 Å². The van der Waals surface area contributed by atoms with Gasteiger partial charge in [-0.25, -0.2) is 0 Å². The van der Waals surface area contributed by atoms with Crippen LogP contribution in [0.4, 0.5) is 0 Å². The van der Waals surface area contributed by atoms with Crippen LogP contribution < -0.4 is 16.8 Å². The van der Waals surface area contributed by atoms with Gasteiger partial charge in [0, 0.05) is 0 Å². The van der Waals surface area contributed by atoms with Crippen LogP contribution in [-0.2, 0) is 9.59 Å². The zero-order valence-electron chi connectivity index (χ0n) is 8.04. The average molecular weight is 187 g/mol. The van der Waals surface area contributed by atoms with Gasteiger partial charge in [-0.1, -0.05) is 20.3 Å². The average Bonchev–Trinajstić information content (AvgIpc) is 2.11. The Morgan fingerprint density at radius 3 is 2.38 bits per heavy atom. The van der Waals surface area contributed by atoms with Gasteiger partial charge in [0.25, 0.3) is 0 Å². The van der Waals surface area contributed by atoms with Crippen molar-refractivity contribution in [2.24, 2.45) is 17.4 Å². The summed E-state index contributed by atoms with van der Waals surface area (Å²) in [6.07, 6.45) is 0.825. The number of amides is 2. The fraction of sp³-hybridized carbons (Fsp3) is 0.750. The van der Waals surface area contributed by atoms with Crippen LogP contribution in [-0.4, -0.2) is 24.4 Å². The molecule has 0 fully saturated rings. The molecule has 5 N–H and O–H groups in total. The van der Waals surface area contributed by atoms with Gasteiger partial charge >= 0.3 is 0 Å². The molecule has 0 aromatic carbocycles. The third kappa shape index (κ3) is 4.47. The van der Waals surface area contributed by atoms with E-state index in [0.717, 1.165) is 6.42 Å². The Morgan fingerprint density at radius 1 is 1.46 bits per heavy atom. The van der Waals surface area contributed by atoms with Gasteiger partial charge in [-0.2, -0.15) is 0 Å². The molecule has 0 saturated heterocycles. The molecule has 13 heavy (non-hydrogen) atoms. The molecule has 76 valence electrons. The van der Waals surface area contributed by atoms with Gasteiger partial charge in [0.15, 0.2) is 0 Å². The molecule has 0 saturated carbocycles. The molecule has 0 aliphatic rings. The monoisotopic (exact) mass is 187 g/mol. The van der Waals surface area contributed by atoms with E-state index < -0.39 is 11.9 Å². The number of nitrogens with one attached hydrogen (secondary N) is 1. The van der Waals surface area contributed by atoms with E-state index in [4.69, 9.17) is 11.5 Å². The van der Waals surface area contributed by atoms with E-state index >= 15 is 0 Å². The topological polar surface area (TPSA) is 98.2 Å². The molecule has 0 bridgehead atoms. The smallest absolute Gasteiger partial charge is 0.237 e. The summed E-state index contributed by atoms with van der Waals surface area (Å²) in [7, 11) is 0. The molecule has 5 heteroatoms. The van der Waals surface area contributed by atoms with Gasteiger partial charge in [0.2, 0.25) is 11.8 Å². The fourth-order valence-electron chi connectivity index (χ4n) is 0.804. The maximum absolute atomic E-state index is 11.2. The summed E-state index contributed by atoms with van der Waals surface area (Å²) < 4.78 is 0. The van der Waals surface area contributed by atoms with E-state index in [1.807, 2.05) is 13.8 Å². The van der Waals surface area contributed by atoms with Crippen molar-refractivity contribution >= 4 is 11.8 Å². The van der Waals surface area contributed by atoms with Crippen LogP contribution in [0.1, 0.15) is 20.3 Å². The van der Waals surface area contributed by atoms with Gasteiger partial charge in [0.05, 0.1) is 12.6 Å². The number of carbonyl (C=O) groups excluding carboxylic acids is 2. The Labute approximate surface area is 77.8 Å². The van der Waals surface area contributed by atoms with Crippen LogP contribution in [0.15, 0.2) is 0 Å². The number of primary amides is 1. The summed E-state index contributed by atoms with van der Waals surface area (Å²) in [4.78, 5) is 21.5. The lowest BCUT2D eigenvalue weighted by atomic mass is 9.99. The zero-order valence-corrected chi connectivity index (χ0v) is 8.04. The Balaban J connectivity index is 3.89. The number of nitrogens with two attached hydrogens (primary N) is 2. The molecule has 0 radical (unpaired) electrons. The predicted molar refractivity (Wildman–Crippen MR) is 49.6 cm³/mol. The first kappa shape index (κ1) is 11.9. The maximum atomic E-state index is 11.2. The molecule has 5 nitrogen and oxygen atoms in total. The van der Waals surface area contributed by atoms with Crippen LogP contribution in [0.25, 0.3) is 0 Å². The van der Waals surface area contributed by atoms with Crippen molar-refractivity contribution in [2.45, 2.75) is 26.3 Å².